The highest BCUT2D eigenvalue weighted by atomic mass is 16.6. The van der Waals surface area contributed by atoms with Crippen molar-refractivity contribution in [2.24, 2.45) is 0 Å². The number of nitrogens with one attached hydrogen (secondary N) is 1. The number of carbonyl (C=O) groups excluding carboxylic acids is 1. The molecule has 0 amide bonds. The molecule has 0 fully saturated rings. The van der Waals surface area contributed by atoms with Gasteiger partial charge in [0.15, 0.2) is 17.7 Å². The Hall–Kier alpha value is -2.73. The number of hydrogen-bond donors (Lipinski definition) is 1. The first-order valence-electron chi connectivity index (χ1n) is 8.00. The van der Waals surface area contributed by atoms with Crippen LogP contribution in [0.15, 0.2) is 36.4 Å². The molecule has 0 aliphatic carbocycles. The summed E-state index contributed by atoms with van der Waals surface area (Å²) in [6.07, 6.45) is 0.321. The van der Waals surface area contributed by atoms with Gasteiger partial charge in [-0.3, -0.25) is 5.32 Å². The van der Waals surface area contributed by atoms with Crippen molar-refractivity contribution in [2.45, 2.75) is 12.6 Å². The maximum atomic E-state index is 12.2. The summed E-state index contributed by atoms with van der Waals surface area (Å²) in [4.78, 5) is 12.2. The average molecular weight is 343 g/mol. The van der Waals surface area contributed by atoms with Crippen LogP contribution >= 0.6 is 0 Å². The fourth-order valence-electron chi connectivity index (χ4n) is 2.89. The zero-order valence-corrected chi connectivity index (χ0v) is 14.5. The van der Waals surface area contributed by atoms with Crippen LogP contribution in [0.1, 0.15) is 27.7 Å². The van der Waals surface area contributed by atoms with Crippen molar-refractivity contribution in [3.05, 3.63) is 53.1 Å². The first kappa shape index (κ1) is 17.1. The van der Waals surface area contributed by atoms with E-state index in [4.69, 9.17) is 18.9 Å². The van der Waals surface area contributed by atoms with Crippen LogP contribution < -0.4 is 19.5 Å². The van der Waals surface area contributed by atoms with Crippen molar-refractivity contribution < 1.29 is 23.7 Å². The highest BCUT2D eigenvalue weighted by molar-refractivity contribution is 5.98. The third kappa shape index (κ3) is 3.39. The van der Waals surface area contributed by atoms with E-state index in [1.165, 1.54) is 19.8 Å². The van der Waals surface area contributed by atoms with E-state index in [2.05, 4.69) is 5.32 Å². The number of methoxy groups -OCH3 is 3. The van der Waals surface area contributed by atoms with Crippen LogP contribution in [0.2, 0.25) is 0 Å². The number of rotatable bonds is 7. The molecule has 132 valence electrons. The smallest absolute Gasteiger partial charge is 0.344 e. The van der Waals surface area contributed by atoms with Gasteiger partial charge in [0.2, 0.25) is 0 Å². The molecule has 0 spiro atoms. The minimum atomic E-state index is -0.486. The molecule has 6 nitrogen and oxygen atoms in total. The van der Waals surface area contributed by atoms with Gasteiger partial charge in [0.05, 0.1) is 21.3 Å². The van der Waals surface area contributed by atoms with Gasteiger partial charge < -0.3 is 18.9 Å². The lowest BCUT2D eigenvalue weighted by molar-refractivity contribution is 0.0309. The van der Waals surface area contributed by atoms with Gasteiger partial charge in [0.1, 0.15) is 11.3 Å². The summed E-state index contributed by atoms with van der Waals surface area (Å²) >= 11 is 0. The van der Waals surface area contributed by atoms with Crippen molar-refractivity contribution in [1.29, 1.82) is 0 Å². The Kier molecular flexibility index (Phi) is 5.09. The standard InChI is InChI=1S/C19H21NO5/c1-22-13-6-4-12(5-7-13)10-11-20-18-14-8-9-15(23-2)17(24-3)16(14)19(21)25-18/h4-9,18,20H,10-11H2,1-3H3/t18-/m1/s1. The first-order valence-corrected chi connectivity index (χ1v) is 8.00. The highest BCUT2D eigenvalue weighted by Gasteiger charge is 2.35. The SMILES string of the molecule is COc1ccc(CCN[C@@H]2OC(=O)c3c2ccc(OC)c3OC)cc1. The second-order valence-electron chi connectivity index (χ2n) is 5.60. The van der Waals surface area contributed by atoms with Crippen LogP contribution in [0.3, 0.4) is 0 Å². The van der Waals surface area contributed by atoms with Gasteiger partial charge in [-0.1, -0.05) is 12.1 Å². The van der Waals surface area contributed by atoms with E-state index in [1.807, 2.05) is 30.3 Å². The van der Waals surface area contributed by atoms with Gasteiger partial charge in [-0.05, 0) is 36.2 Å². The quantitative estimate of drug-likeness (QED) is 0.780. The Morgan fingerprint density at radius 1 is 1.00 bits per heavy atom. The molecule has 1 aliphatic rings. The summed E-state index contributed by atoms with van der Waals surface area (Å²) in [5, 5.41) is 3.26. The second-order valence-corrected chi connectivity index (χ2v) is 5.60. The first-order chi connectivity index (χ1) is 12.2. The average Bonchev–Trinajstić information content (AvgIpc) is 2.97. The van der Waals surface area contributed by atoms with Crippen LogP contribution in [0.4, 0.5) is 0 Å². The maximum Gasteiger partial charge on any atom is 0.344 e. The molecule has 0 unspecified atom stereocenters. The van der Waals surface area contributed by atoms with E-state index in [-0.39, 0.29) is 0 Å². The number of fused-ring (bicyclic) bond motifs is 1. The molecule has 1 heterocycles. The summed E-state index contributed by atoms with van der Waals surface area (Å²) in [6.45, 7) is 0.665. The van der Waals surface area contributed by atoms with Crippen molar-refractivity contribution in [3.8, 4) is 17.2 Å². The summed E-state index contributed by atoms with van der Waals surface area (Å²) in [5.41, 5.74) is 2.35. The molecule has 1 aliphatic heterocycles. The number of carbonyl (C=O) groups is 1. The van der Waals surface area contributed by atoms with E-state index in [1.54, 1.807) is 13.2 Å². The minimum Gasteiger partial charge on any atom is -0.497 e. The minimum absolute atomic E-state index is 0.407. The second kappa shape index (κ2) is 7.44. The largest absolute Gasteiger partial charge is 0.497 e. The summed E-state index contributed by atoms with van der Waals surface area (Å²) < 4.78 is 21.2. The van der Waals surface area contributed by atoms with Gasteiger partial charge in [-0.2, -0.15) is 0 Å². The number of ether oxygens (including phenoxy) is 4. The highest BCUT2D eigenvalue weighted by Crippen LogP contribution is 2.40. The third-order valence-electron chi connectivity index (χ3n) is 4.19. The topological polar surface area (TPSA) is 66.0 Å². The summed E-state index contributed by atoms with van der Waals surface area (Å²) in [6, 6.07) is 11.5. The molecular weight excluding hydrogens is 322 g/mol. The lowest BCUT2D eigenvalue weighted by Crippen LogP contribution is -2.23. The normalized spacial score (nSPS) is 15.5. The molecule has 2 aromatic rings. The maximum absolute atomic E-state index is 12.2. The molecule has 0 saturated carbocycles. The van der Waals surface area contributed by atoms with Crippen molar-refractivity contribution in [1.82, 2.24) is 5.32 Å². The molecule has 0 radical (unpaired) electrons. The number of benzene rings is 2. The molecular formula is C19H21NO5. The molecule has 0 saturated heterocycles. The fourth-order valence-corrected chi connectivity index (χ4v) is 2.89. The van der Waals surface area contributed by atoms with Crippen molar-refractivity contribution >= 4 is 5.97 Å². The zero-order valence-electron chi connectivity index (χ0n) is 14.5. The Bertz CT molecular complexity index is 757. The van der Waals surface area contributed by atoms with Crippen molar-refractivity contribution in [2.75, 3.05) is 27.9 Å². The van der Waals surface area contributed by atoms with E-state index < -0.39 is 12.2 Å². The van der Waals surface area contributed by atoms with Crippen LogP contribution in [-0.4, -0.2) is 33.8 Å². The Balaban J connectivity index is 1.68. The Labute approximate surface area is 146 Å². The predicted molar refractivity (Wildman–Crippen MR) is 92.4 cm³/mol. The number of esters is 1. The van der Waals surface area contributed by atoms with Crippen LogP contribution in [0.25, 0.3) is 0 Å². The molecule has 25 heavy (non-hydrogen) atoms. The third-order valence-corrected chi connectivity index (χ3v) is 4.19. The molecule has 6 heteroatoms. The van der Waals surface area contributed by atoms with Crippen molar-refractivity contribution in [3.63, 3.8) is 0 Å². The number of hydrogen-bond acceptors (Lipinski definition) is 6. The van der Waals surface area contributed by atoms with Crippen LogP contribution in [-0.2, 0) is 11.2 Å². The molecule has 1 N–H and O–H groups in total. The molecule has 0 aromatic heterocycles. The van der Waals surface area contributed by atoms with E-state index in [9.17, 15) is 4.79 Å². The number of cyclic esters (lactones) is 1. The lowest BCUT2D eigenvalue weighted by atomic mass is 10.1. The summed E-state index contributed by atoms with van der Waals surface area (Å²) in [7, 11) is 4.69. The van der Waals surface area contributed by atoms with E-state index in [0.29, 0.717) is 23.6 Å². The van der Waals surface area contributed by atoms with Crippen LogP contribution in [0, 0.1) is 0 Å². The summed E-state index contributed by atoms with van der Waals surface area (Å²) in [5.74, 6) is 1.34. The van der Waals surface area contributed by atoms with Crippen LogP contribution in [0.5, 0.6) is 17.2 Å². The molecule has 0 bridgehead atoms. The zero-order chi connectivity index (χ0) is 17.8. The van der Waals surface area contributed by atoms with Gasteiger partial charge in [-0.25, -0.2) is 4.79 Å². The molecule has 1 atom stereocenters. The fraction of sp³-hybridized carbons (Fsp3) is 0.316. The van der Waals surface area contributed by atoms with E-state index >= 15 is 0 Å². The monoisotopic (exact) mass is 343 g/mol. The van der Waals surface area contributed by atoms with Gasteiger partial charge in [0.25, 0.3) is 0 Å². The van der Waals surface area contributed by atoms with Gasteiger partial charge in [-0.15, -0.1) is 0 Å². The predicted octanol–water partition coefficient (Wildman–Crippen LogP) is 2.71. The molecule has 2 aromatic carbocycles. The Morgan fingerprint density at radius 3 is 2.40 bits per heavy atom. The van der Waals surface area contributed by atoms with Gasteiger partial charge >= 0.3 is 5.97 Å². The van der Waals surface area contributed by atoms with E-state index in [0.717, 1.165) is 17.7 Å². The lowest BCUT2D eigenvalue weighted by Gasteiger charge is -2.14. The van der Waals surface area contributed by atoms with Gasteiger partial charge in [0, 0.05) is 12.1 Å². The Morgan fingerprint density at radius 2 is 1.76 bits per heavy atom. The molecule has 3 rings (SSSR count).